The van der Waals surface area contributed by atoms with Crippen molar-refractivity contribution in [3.05, 3.63) is 101 Å². The fourth-order valence-electron chi connectivity index (χ4n) is 3.19. The third kappa shape index (κ3) is 4.66. The maximum absolute atomic E-state index is 9.34. The smallest absolute Gasteiger partial charge is 0.126 e. The number of fused-ring (bicyclic) bond motifs is 1. The number of hydrogen-bond acceptors (Lipinski definition) is 2. The SMILES string of the molecule is C=c1cccc/c1=C/C=C\C.OCC12C=CC=C(Oc3ccccc3)C1C2. The number of ether oxygens (including phenoxy) is 1. The first-order valence-corrected chi connectivity index (χ1v) is 9.29. The van der Waals surface area contributed by atoms with Gasteiger partial charge in [-0.25, -0.2) is 0 Å². The van der Waals surface area contributed by atoms with Crippen molar-refractivity contribution in [3.8, 4) is 5.75 Å². The van der Waals surface area contributed by atoms with Crippen molar-refractivity contribution in [2.75, 3.05) is 6.61 Å². The van der Waals surface area contributed by atoms with Crippen LogP contribution < -0.4 is 15.2 Å². The van der Waals surface area contributed by atoms with E-state index in [9.17, 15) is 5.11 Å². The molecule has 0 radical (unpaired) electrons. The Bertz CT molecular complexity index is 953. The predicted octanol–water partition coefficient (Wildman–Crippen LogP) is 3.97. The third-order valence-corrected chi connectivity index (χ3v) is 4.95. The van der Waals surface area contributed by atoms with Gasteiger partial charge in [-0.3, -0.25) is 0 Å². The molecular formula is C25H26O2. The summed E-state index contributed by atoms with van der Waals surface area (Å²) in [6, 6.07) is 17.9. The summed E-state index contributed by atoms with van der Waals surface area (Å²) in [7, 11) is 0. The minimum Gasteiger partial charge on any atom is -0.461 e. The van der Waals surface area contributed by atoms with E-state index in [0.29, 0.717) is 5.92 Å². The van der Waals surface area contributed by atoms with Gasteiger partial charge < -0.3 is 9.84 Å². The molecule has 2 aromatic rings. The zero-order valence-corrected chi connectivity index (χ0v) is 15.7. The summed E-state index contributed by atoms with van der Waals surface area (Å²) in [4.78, 5) is 0. The fraction of sp³-hybridized carbons (Fsp3) is 0.200. The van der Waals surface area contributed by atoms with Crippen LogP contribution in [0.1, 0.15) is 13.3 Å². The Hall–Kier alpha value is -2.84. The molecule has 4 rings (SSSR count). The molecule has 0 amide bonds. The monoisotopic (exact) mass is 358 g/mol. The Balaban J connectivity index is 0.000000168. The lowest BCUT2D eigenvalue weighted by Crippen LogP contribution is -2.21. The quantitative estimate of drug-likeness (QED) is 0.896. The molecule has 27 heavy (non-hydrogen) atoms. The van der Waals surface area contributed by atoms with Crippen molar-refractivity contribution < 1.29 is 9.84 Å². The molecule has 2 atom stereocenters. The van der Waals surface area contributed by atoms with Gasteiger partial charge in [0.05, 0.1) is 6.61 Å². The topological polar surface area (TPSA) is 29.5 Å². The minimum absolute atomic E-state index is 0.0289. The summed E-state index contributed by atoms with van der Waals surface area (Å²) in [5.41, 5.74) is -0.0289. The molecule has 2 heteroatoms. The number of hydrogen-bond donors (Lipinski definition) is 1. The number of aliphatic hydroxyl groups is 1. The van der Waals surface area contributed by atoms with Crippen LogP contribution in [-0.2, 0) is 0 Å². The Morgan fingerprint density at radius 2 is 1.89 bits per heavy atom. The lowest BCUT2D eigenvalue weighted by atomic mass is 9.99. The minimum atomic E-state index is -0.0289. The van der Waals surface area contributed by atoms with Gasteiger partial charge in [-0.05, 0) is 42.0 Å². The van der Waals surface area contributed by atoms with Crippen LogP contribution in [-0.4, -0.2) is 11.7 Å². The van der Waals surface area contributed by atoms with E-state index in [1.807, 2.05) is 79.8 Å². The van der Waals surface area contributed by atoms with E-state index < -0.39 is 0 Å². The van der Waals surface area contributed by atoms with E-state index in [2.05, 4.69) is 24.8 Å². The first kappa shape index (κ1) is 18.9. The maximum Gasteiger partial charge on any atom is 0.126 e. The van der Waals surface area contributed by atoms with Crippen molar-refractivity contribution in [1.82, 2.24) is 0 Å². The summed E-state index contributed by atoms with van der Waals surface area (Å²) >= 11 is 0. The first-order valence-electron chi connectivity index (χ1n) is 9.29. The highest BCUT2D eigenvalue weighted by Crippen LogP contribution is 2.59. The summed E-state index contributed by atoms with van der Waals surface area (Å²) in [5.74, 6) is 2.20. The molecule has 2 aromatic carbocycles. The second-order valence-corrected chi connectivity index (χ2v) is 6.88. The molecule has 0 bridgehead atoms. The summed E-state index contributed by atoms with van der Waals surface area (Å²) in [5, 5.41) is 11.6. The van der Waals surface area contributed by atoms with Crippen molar-refractivity contribution in [3.63, 3.8) is 0 Å². The molecule has 2 unspecified atom stereocenters. The molecule has 1 fully saturated rings. The molecule has 0 spiro atoms. The highest BCUT2D eigenvalue weighted by atomic mass is 16.5. The highest BCUT2D eigenvalue weighted by molar-refractivity contribution is 5.37. The average Bonchev–Trinajstić information content (AvgIpc) is 3.45. The molecule has 0 heterocycles. The number of rotatable bonds is 4. The number of para-hydroxylation sites is 1. The lowest BCUT2D eigenvalue weighted by Gasteiger charge is -2.16. The van der Waals surface area contributed by atoms with Crippen molar-refractivity contribution in [2.24, 2.45) is 11.3 Å². The predicted molar refractivity (Wildman–Crippen MR) is 112 cm³/mol. The second-order valence-electron chi connectivity index (χ2n) is 6.88. The van der Waals surface area contributed by atoms with Gasteiger partial charge in [0.1, 0.15) is 11.5 Å². The highest BCUT2D eigenvalue weighted by Gasteiger charge is 2.55. The van der Waals surface area contributed by atoms with Gasteiger partial charge >= 0.3 is 0 Å². The summed E-state index contributed by atoms with van der Waals surface area (Å²) in [6.07, 6.45) is 13.2. The maximum atomic E-state index is 9.34. The van der Waals surface area contributed by atoms with E-state index in [1.54, 1.807) is 0 Å². The lowest BCUT2D eigenvalue weighted by molar-refractivity contribution is 0.224. The molecule has 0 aliphatic heterocycles. The average molecular weight is 358 g/mol. The summed E-state index contributed by atoms with van der Waals surface area (Å²) < 4.78 is 5.83. The Morgan fingerprint density at radius 3 is 2.59 bits per heavy atom. The zero-order valence-electron chi connectivity index (χ0n) is 15.7. The van der Waals surface area contributed by atoms with Crippen LogP contribution in [0.5, 0.6) is 5.75 Å². The van der Waals surface area contributed by atoms with Crippen LogP contribution >= 0.6 is 0 Å². The number of benzene rings is 2. The Labute approximate surface area is 161 Å². The van der Waals surface area contributed by atoms with Gasteiger partial charge in [0.2, 0.25) is 0 Å². The van der Waals surface area contributed by atoms with Gasteiger partial charge in [0.15, 0.2) is 0 Å². The second kappa shape index (κ2) is 8.70. The molecule has 2 aliphatic rings. The molecule has 2 aliphatic carbocycles. The standard InChI is InChI=1S/C14H14O2.C11H12/c15-10-14-8-4-7-13(12(14)9-14)16-11-5-2-1-3-6-11;1-3-4-8-11-9-6-5-7-10(11)2/h1-8,12,15H,9-10H2;3-9H,2H2,1H3/b;4-3-,11-8-. The molecular weight excluding hydrogens is 332 g/mol. The van der Waals surface area contributed by atoms with Gasteiger partial charge in [0.25, 0.3) is 0 Å². The molecule has 0 saturated heterocycles. The molecule has 1 N–H and O–H groups in total. The van der Waals surface area contributed by atoms with E-state index in [1.165, 1.54) is 5.22 Å². The van der Waals surface area contributed by atoms with Crippen LogP contribution in [0.25, 0.3) is 12.7 Å². The molecule has 0 aromatic heterocycles. The normalized spacial score (nSPS) is 23.3. The Kier molecular flexibility index (Phi) is 6.10. The van der Waals surface area contributed by atoms with Gasteiger partial charge in [0, 0.05) is 11.3 Å². The molecule has 2 nitrogen and oxygen atoms in total. The van der Waals surface area contributed by atoms with Gasteiger partial charge in [-0.1, -0.05) is 79.4 Å². The third-order valence-electron chi connectivity index (χ3n) is 4.95. The zero-order chi connectivity index (χ0) is 19.1. The van der Waals surface area contributed by atoms with Crippen LogP contribution in [0.2, 0.25) is 0 Å². The van der Waals surface area contributed by atoms with Crippen molar-refractivity contribution in [2.45, 2.75) is 13.3 Å². The van der Waals surface area contributed by atoms with E-state index in [4.69, 9.17) is 4.74 Å². The van der Waals surface area contributed by atoms with Crippen LogP contribution in [0.3, 0.4) is 0 Å². The fourth-order valence-corrected chi connectivity index (χ4v) is 3.19. The Morgan fingerprint density at radius 1 is 1.15 bits per heavy atom. The molecule has 1 saturated carbocycles. The van der Waals surface area contributed by atoms with E-state index in [-0.39, 0.29) is 12.0 Å². The number of aliphatic hydroxyl groups excluding tert-OH is 1. The number of allylic oxidation sites excluding steroid dienone is 5. The van der Waals surface area contributed by atoms with Crippen molar-refractivity contribution >= 4 is 12.7 Å². The van der Waals surface area contributed by atoms with Crippen molar-refractivity contribution in [1.29, 1.82) is 0 Å². The van der Waals surface area contributed by atoms with Crippen LogP contribution in [0.15, 0.2) is 90.7 Å². The summed E-state index contributed by atoms with van der Waals surface area (Å²) in [6.45, 7) is 6.12. The van der Waals surface area contributed by atoms with Crippen LogP contribution in [0.4, 0.5) is 0 Å². The van der Waals surface area contributed by atoms with E-state index in [0.717, 1.165) is 23.1 Å². The van der Waals surface area contributed by atoms with E-state index >= 15 is 0 Å². The largest absolute Gasteiger partial charge is 0.461 e. The molecule has 138 valence electrons. The first-order chi connectivity index (χ1) is 13.2. The van der Waals surface area contributed by atoms with Gasteiger partial charge in [-0.2, -0.15) is 0 Å². The van der Waals surface area contributed by atoms with Crippen LogP contribution in [0, 0.1) is 11.3 Å². The van der Waals surface area contributed by atoms with Gasteiger partial charge in [-0.15, -0.1) is 0 Å².